The maximum Gasteiger partial charge on any atom is 0.323 e. The van der Waals surface area contributed by atoms with Crippen molar-refractivity contribution in [3.63, 3.8) is 0 Å². The zero-order valence-corrected chi connectivity index (χ0v) is 17.0. The van der Waals surface area contributed by atoms with Crippen molar-refractivity contribution in [2.75, 3.05) is 21.2 Å². The molecule has 9 heteroatoms. The number of methoxy groups -OCH3 is 1. The van der Waals surface area contributed by atoms with Crippen molar-refractivity contribution in [2.24, 2.45) is 0 Å². The van der Waals surface area contributed by atoms with Crippen molar-refractivity contribution in [2.45, 2.75) is 0 Å². The number of hydrogen-bond acceptors (Lipinski definition) is 5. The number of benzene rings is 2. The fraction of sp³-hybridized carbons (Fsp3) is 0.158. The van der Waals surface area contributed by atoms with Crippen LogP contribution in [0.25, 0.3) is 11.3 Å². The number of nitrogens with zero attached hydrogens (tertiary/aromatic N) is 3. The van der Waals surface area contributed by atoms with Gasteiger partial charge in [-0.2, -0.15) is 17.8 Å². The molecule has 0 aliphatic rings. The van der Waals surface area contributed by atoms with Gasteiger partial charge in [-0.25, -0.2) is 0 Å². The molecule has 1 heterocycles. The van der Waals surface area contributed by atoms with Crippen molar-refractivity contribution < 1.29 is 17.9 Å². The molecule has 0 saturated heterocycles. The molecule has 7 nitrogen and oxygen atoms in total. The third-order valence-corrected chi connectivity index (χ3v) is 6.06. The lowest BCUT2D eigenvalue weighted by Gasteiger charge is -2.15. The van der Waals surface area contributed by atoms with E-state index < -0.39 is 10.2 Å². The molecule has 28 heavy (non-hydrogen) atoms. The van der Waals surface area contributed by atoms with Crippen LogP contribution in [0, 0.1) is 0 Å². The van der Waals surface area contributed by atoms with Crippen molar-refractivity contribution in [3.8, 4) is 17.0 Å². The standard InChI is InChI=1S/C19H18ClN3O4S/c1-22(2)28(25,26)23-18(14-9-10-17(27-3)16(20)11-14)15(12-21-23)19(24)13-7-5-4-6-8-13/h4-12H,1-3H3. The van der Waals surface area contributed by atoms with E-state index in [1.165, 1.54) is 27.4 Å². The Balaban J connectivity index is 2.27. The summed E-state index contributed by atoms with van der Waals surface area (Å²) in [4.78, 5) is 13.0. The molecule has 0 unspecified atom stereocenters. The molecule has 0 atom stereocenters. The lowest BCUT2D eigenvalue weighted by molar-refractivity contribution is 0.103. The highest BCUT2D eigenvalue weighted by molar-refractivity contribution is 7.87. The molecule has 0 aliphatic heterocycles. The molecular weight excluding hydrogens is 402 g/mol. The van der Waals surface area contributed by atoms with Crippen LogP contribution in [0.15, 0.2) is 54.7 Å². The Morgan fingerprint density at radius 1 is 1.14 bits per heavy atom. The van der Waals surface area contributed by atoms with Gasteiger partial charge in [-0.15, -0.1) is 4.09 Å². The van der Waals surface area contributed by atoms with Crippen LogP contribution in [-0.2, 0) is 10.2 Å². The number of ether oxygens (including phenoxy) is 1. The Hall–Kier alpha value is -2.68. The predicted molar refractivity (Wildman–Crippen MR) is 107 cm³/mol. The quantitative estimate of drug-likeness (QED) is 0.573. The van der Waals surface area contributed by atoms with E-state index >= 15 is 0 Å². The Kier molecular flexibility index (Phi) is 5.55. The summed E-state index contributed by atoms with van der Waals surface area (Å²) >= 11 is 6.23. The highest BCUT2D eigenvalue weighted by Crippen LogP contribution is 2.33. The van der Waals surface area contributed by atoms with Gasteiger partial charge in [0.25, 0.3) is 0 Å². The van der Waals surface area contributed by atoms with Crippen LogP contribution in [0.2, 0.25) is 5.02 Å². The number of rotatable bonds is 6. The SMILES string of the molecule is COc1ccc(-c2c(C(=O)c3ccccc3)cnn2S(=O)(=O)N(C)C)cc1Cl. The number of aromatic nitrogens is 2. The fourth-order valence-corrected chi connectivity index (χ4v) is 3.82. The molecule has 3 rings (SSSR count). The van der Waals surface area contributed by atoms with E-state index in [0.717, 1.165) is 8.39 Å². The van der Waals surface area contributed by atoms with Crippen LogP contribution in [-0.4, -0.2) is 48.9 Å². The maximum atomic E-state index is 13.0. The van der Waals surface area contributed by atoms with E-state index in [-0.39, 0.29) is 22.1 Å². The summed E-state index contributed by atoms with van der Waals surface area (Å²) in [5.41, 5.74) is 1.13. The van der Waals surface area contributed by atoms with Crippen molar-refractivity contribution in [3.05, 3.63) is 70.9 Å². The van der Waals surface area contributed by atoms with Gasteiger partial charge in [0.05, 0.1) is 29.6 Å². The van der Waals surface area contributed by atoms with Crippen molar-refractivity contribution in [1.82, 2.24) is 13.5 Å². The summed E-state index contributed by atoms with van der Waals surface area (Å²) in [7, 11) is 0.290. The number of carbonyl (C=O) groups excluding carboxylic acids is 1. The molecule has 1 aromatic heterocycles. The third-order valence-electron chi connectivity index (χ3n) is 4.12. The van der Waals surface area contributed by atoms with Gasteiger partial charge in [-0.3, -0.25) is 4.79 Å². The average Bonchev–Trinajstić information content (AvgIpc) is 3.13. The van der Waals surface area contributed by atoms with Gasteiger partial charge in [0, 0.05) is 25.2 Å². The van der Waals surface area contributed by atoms with Crippen molar-refractivity contribution in [1.29, 1.82) is 0 Å². The lowest BCUT2D eigenvalue weighted by atomic mass is 10.0. The molecule has 2 aromatic carbocycles. The zero-order chi connectivity index (χ0) is 20.5. The van der Waals surface area contributed by atoms with E-state index in [1.54, 1.807) is 48.5 Å². The number of hydrogen-bond donors (Lipinski definition) is 0. The molecule has 0 amide bonds. The first-order valence-electron chi connectivity index (χ1n) is 8.22. The first kappa shape index (κ1) is 20.1. The summed E-state index contributed by atoms with van der Waals surface area (Å²) in [6.07, 6.45) is 1.25. The Bertz CT molecular complexity index is 1130. The highest BCUT2D eigenvalue weighted by atomic mass is 35.5. The van der Waals surface area contributed by atoms with Gasteiger partial charge in [0.2, 0.25) is 0 Å². The second-order valence-electron chi connectivity index (χ2n) is 6.08. The van der Waals surface area contributed by atoms with Crippen LogP contribution >= 0.6 is 11.6 Å². The predicted octanol–water partition coefficient (Wildman–Crippen LogP) is 3.10. The minimum Gasteiger partial charge on any atom is -0.495 e. The summed E-state index contributed by atoms with van der Waals surface area (Å²) in [5.74, 6) is 0.0885. The molecule has 0 saturated carbocycles. The molecule has 0 fully saturated rings. The largest absolute Gasteiger partial charge is 0.495 e. The molecule has 146 valence electrons. The average molecular weight is 420 g/mol. The summed E-state index contributed by atoms with van der Waals surface area (Å²) in [6.45, 7) is 0. The number of halogens is 1. The van der Waals surface area contributed by atoms with Gasteiger partial charge >= 0.3 is 10.2 Å². The molecule has 0 spiro atoms. The Morgan fingerprint density at radius 2 is 1.82 bits per heavy atom. The minimum atomic E-state index is -3.97. The van der Waals surface area contributed by atoms with Crippen molar-refractivity contribution >= 4 is 27.6 Å². The Morgan fingerprint density at radius 3 is 2.39 bits per heavy atom. The lowest BCUT2D eigenvalue weighted by Crippen LogP contribution is -2.30. The van der Waals surface area contributed by atoms with Crippen LogP contribution in [0.1, 0.15) is 15.9 Å². The second kappa shape index (κ2) is 7.75. The van der Waals surface area contributed by atoms with Crippen LogP contribution in [0.3, 0.4) is 0 Å². The van der Waals surface area contributed by atoms with Gasteiger partial charge < -0.3 is 4.74 Å². The van der Waals surface area contributed by atoms with E-state index in [1.807, 2.05) is 0 Å². The van der Waals surface area contributed by atoms with E-state index in [2.05, 4.69) is 5.10 Å². The van der Waals surface area contributed by atoms with Gasteiger partial charge in [-0.05, 0) is 18.2 Å². The number of carbonyl (C=O) groups is 1. The molecule has 0 N–H and O–H groups in total. The van der Waals surface area contributed by atoms with E-state index in [9.17, 15) is 13.2 Å². The first-order valence-corrected chi connectivity index (χ1v) is 9.99. The molecular formula is C19H18ClN3O4S. The van der Waals surface area contributed by atoms with E-state index in [0.29, 0.717) is 16.9 Å². The van der Waals surface area contributed by atoms with E-state index in [4.69, 9.17) is 16.3 Å². The van der Waals surface area contributed by atoms with Crippen LogP contribution in [0.5, 0.6) is 5.75 Å². The fourth-order valence-electron chi connectivity index (χ4n) is 2.65. The minimum absolute atomic E-state index is 0.132. The molecule has 0 radical (unpaired) electrons. The number of ketones is 1. The van der Waals surface area contributed by atoms with Gasteiger partial charge in [-0.1, -0.05) is 41.9 Å². The second-order valence-corrected chi connectivity index (χ2v) is 8.46. The third kappa shape index (κ3) is 3.54. The van der Waals surface area contributed by atoms with Gasteiger partial charge in [0.1, 0.15) is 5.75 Å². The molecule has 0 bridgehead atoms. The Labute approximate surface area is 168 Å². The maximum absolute atomic E-state index is 13.0. The first-order chi connectivity index (χ1) is 13.3. The summed E-state index contributed by atoms with van der Waals surface area (Å²) in [6, 6.07) is 13.4. The van der Waals surface area contributed by atoms with Crippen LogP contribution in [0.4, 0.5) is 0 Å². The highest BCUT2D eigenvalue weighted by Gasteiger charge is 2.28. The summed E-state index contributed by atoms with van der Waals surface area (Å²) < 4.78 is 32.5. The molecule has 0 aliphatic carbocycles. The monoisotopic (exact) mass is 419 g/mol. The van der Waals surface area contributed by atoms with Crippen LogP contribution < -0.4 is 4.74 Å². The zero-order valence-electron chi connectivity index (χ0n) is 15.5. The normalized spacial score (nSPS) is 11.6. The van der Waals surface area contributed by atoms with Gasteiger partial charge in [0.15, 0.2) is 5.78 Å². The topological polar surface area (TPSA) is 81.5 Å². The smallest absolute Gasteiger partial charge is 0.323 e. The molecule has 3 aromatic rings. The summed E-state index contributed by atoms with van der Waals surface area (Å²) in [5, 5.41) is 4.28.